The molecular weight excluding hydrogens is 990 g/mol. The van der Waals surface area contributed by atoms with E-state index in [1.807, 2.05) is 58.0 Å². The van der Waals surface area contributed by atoms with Crippen molar-refractivity contribution in [1.82, 2.24) is 20.9 Å². The van der Waals surface area contributed by atoms with Crippen LogP contribution in [0, 0.1) is 34.5 Å². The number of hydrogen-bond donors (Lipinski definition) is 5. The molecule has 0 aliphatic carbocycles. The fourth-order valence-corrected chi connectivity index (χ4v) is 5.66. The number of rotatable bonds is 17. The Bertz CT molecular complexity index is 2490. The molecule has 0 unspecified atom stereocenters. The number of nitro benzene ring substituents is 1. The first kappa shape index (κ1) is 51.0. The van der Waals surface area contributed by atoms with E-state index in [-0.39, 0.29) is 11.2 Å². The molecule has 0 saturated carbocycles. The second kappa shape index (κ2) is 26.2. The molecule has 2 heterocycles. The maximum atomic E-state index is 10.7. The molecule has 18 nitrogen and oxygen atoms in total. The fraction of sp³-hybridized carbons (Fsp3) is 0.227. The number of anilines is 3. The van der Waals surface area contributed by atoms with E-state index in [0.29, 0.717) is 40.8 Å². The number of halogens is 2. The summed E-state index contributed by atoms with van der Waals surface area (Å²) in [5, 5.41) is 10.7. The zero-order valence-electron chi connectivity index (χ0n) is 36.1. The molecule has 0 amide bonds. The zero-order chi connectivity index (χ0) is 47.1. The molecule has 2 aromatic heterocycles. The number of nitrogens with one attached hydrogen (secondary N) is 4. The normalized spacial score (nSPS) is 10.4. The van der Waals surface area contributed by atoms with E-state index in [1.54, 1.807) is 69.1 Å². The molecule has 6 N–H and O–H groups in total. The van der Waals surface area contributed by atoms with Gasteiger partial charge in [-0.1, -0.05) is 24.3 Å². The Morgan fingerprint density at radius 3 is 1.45 bits per heavy atom. The van der Waals surface area contributed by atoms with Crippen molar-refractivity contribution in [3.63, 3.8) is 0 Å². The summed E-state index contributed by atoms with van der Waals surface area (Å²) >= 11 is -0.826. The van der Waals surface area contributed by atoms with Gasteiger partial charge in [-0.05, 0) is 88.1 Å². The Balaban J connectivity index is 0.000000269. The average Bonchev–Trinajstić information content (AvgIpc) is 4.04. The van der Waals surface area contributed by atoms with E-state index in [9.17, 15) is 10.1 Å². The molecule has 21 heteroatoms. The molecule has 2 radical (unpaired) electrons. The van der Waals surface area contributed by atoms with Crippen LogP contribution in [0.1, 0.15) is 38.8 Å². The predicted octanol–water partition coefficient (Wildman–Crippen LogP) is 8.80. The quantitative estimate of drug-likeness (QED) is 0.0189. The van der Waals surface area contributed by atoms with Gasteiger partial charge in [0.25, 0.3) is 5.69 Å². The van der Waals surface area contributed by atoms with Crippen LogP contribution in [0.3, 0.4) is 0 Å². The molecule has 0 aliphatic rings. The van der Waals surface area contributed by atoms with E-state index >= 15 is 0 Å². The molecule has 65 heavy (non-hydrogen) atoms. The van der Waals surface area contributed by atoms with Gasteiger partial charge < -0.3 is 43.4 Å². The van der Waals surface area contributed by atoms with E-state index < -0.39 is 29.4 Å². The summed E-state index contributed by atoms with van der Waals surface area (Å²) in [5.74, 6) is 2.38. The number of ether oxygens (including phenoxy) is 2. The van der Waals surface area contributed by atoms with Gasteiger partial charge in [-0.2, -0.15) is 0 Å². The van der Waals surface area contributed by atoms with Gasteiger partial charge in [-0.25, -0.2) is 20.9 Å². The van der Waals surface area contributed by atoms with Crippen LogP contribution in [-0.4, -0.2) is 59.1 Å². The van der Waals surface area contributed by atoms with Crippen molar-refractivity contribution in [2.45, 2.75) is 51.6 Å². The van der Waals surface area contributed by atoms with Gasteiger partial charge in [0.2, 0.25) is 0 Å². The van der Waals surface area contributed by atoms with Crippen LogP contribution in [-0.2, 0) is 32.2 Å². The van der Waals surface area contributed by atoms with Gasteiger partial charge in [-0.15, -0.1) is 11.0 Å². The number of nitrogens with zero attached hydrogens (tertiary/aromatic N) is 3. The number of nitrogen functional groups attached to an aromatic ring is 1. The van der Waals surface area contributed by atoms with Crippen molar-refractivity contribution in [1.29, 1.82) is 0 Å². The summed E-state index contributed by atoms with van der Waals surface area (Å²) in [7, 11) is 13.0. The van der Waals surface area contributed by atoms with Crippen molar-refractivity contribution in [2.24, 2.45) is 0 Å². The first-order valence-electron chi connectivity index (χ1n) is 19.1. The molecule has 0 atom stereocenters. The average molecular weight is 1040 g/mol. The third-order valence-corrected chi connectivity index (χ3v) is 8.50. The van der Waals surface area contributed by atoms with Crippen molar-refractivity contribution < 1.29 is 42.6 Å². The second-order valence-electron chi connectivity index (χ2n) is 14.6. The summed E-state index contributed by atoms with van der Waals surface area (Å²) in [4.78, 5) is 38.7. The van der Waals surface area contributed by atoms with Crippen LogP contribution in [0.15, 0.2) is 119 Å². The Morgan fingerprint density at radius 2 is 1.08 bits per heavy atom. The van der Waals surface area contributed by atoms with Gasteiger partial charge in [0.05, 0.1) is 65.1 Å². The molecule has 6 aromatic rings. The topological polar surface area (TPSA) is 225 Å². The summed E-state index contributed by atoms with van der Waals surface area (Å²) in [6.45, 7) is 7.84. The fourth-order valence-electron chi connectivity index (χ4n) is 5.66. The van der Waals surface area contributed by atoms with Gasteiger partial charge in [0, 0.05) is 30.0 Å². The first-order valence-corrected chi connectivity index (χ1v) is 26.4. The maximum absolute atomic E-state index is 10.7. The van der Waals surface area contributed by atoms with Crippen LogP contribution in [0.2, 0.25) is 0 Å². The summed E-state index contributed by atoms with van der Waals surface area (Å²) in [6.07, 6.45) is 16.9. The van der Waals surface area contributed by atoms with Crippen molar-refractivity contribution >= 4 is 59.5 Å². The van der Waals surface area contributed by atoms with E-state index in [1.165, 1.54) is 24.9 Å². The molecule has 0 fully saturated rings. The summed E-state index contributed by atoms with van der Waals surface area (Å²) in [6, 6.07) is 24.8. The number of nitrogens with two attached hydrogens (primary N) is 1. The van der Waals surface area contributed by atoms with E-state index in [0.717, 1.165) is 34.4 Å². The molecule has 0 aliphatic heterocycles. The SMILES string of the molecule is COc1cc(NOC#CONC(C)(C)Cc2ccc(N)cc2)ccc1-c1cnco1.COc1cc(NOC#CONC(C)(C)Cc2ccc([N+](=O)[O-])cc2)ccc1-c1cnco1.[Cl][Sn][Cl]. The number of benzene rings is 4. The minimum absolute atomic E-state index is 0.0523. The third-order valence-electron chi connectivity index (χ3n) is 8.50. The Labute approximate surface area is 393 Å². The molecule has 6 rings (SSSR count). The molecule has 0 spiro atoms. The molecule has 4 aromatic carbocycles. The van der Waals surface area contributed by atoms with Crippen LogP contribution in [0.5, 0.6) is 11.5 Å². The van der Waals surface area contributed by atoms with Gasteiger partial charge in [-0.3, -0.25) is 10.1 Å². The summed E-state index contributed by atoms with van der Waals surface area (Å²) < 4.78 is 21.4. The van der Waals surface area contributed by atoms with Crippen LogP contribution >= 0.6 is 17.8 Å². The minimum atomic E-state index is -0.826. The Hall–Kier alpha value is -6.68. The number of hydroxylamine groups is 2. The number of oxazole rings is 2. The third kappa shape index (κ3) is 17.8. The first-order chi connectivity index (χ1) is 31.3. The molecular formula is C44H46Cl2N8O10Sn. The van der Waals surface area contributed by atoms with Crippen molar-refractivity contribution in [3.05, 3.63) is 131 Å². The van der Waals surface area contributed by atoms with Gasteiger partial charge in [0.15, 0.2) is 48.7 Å². The number of non-ortho nitro benzene ring substituents is 1. The second-order valence-corrected chi connectivity index (χ2v) is 18.9. The van der Waals surface area contributed by atoms with E-state index in [4.69, 9.17) is 61.2 Å². The Kier molecular flexibility index (Phi) is 20.5. The summed E-state index contributed by atoms with van der Waals surface area (Å²) in [5.41, 5.74) is 21.7. The molecule has 340 valence electrons. The number of aromatic nitrogens is 2. The van der Waals surface area contributed by atoms with Crippen LogP contribution < -0.4 is 37.1 Å². The van der Waals surface area contributed by atoms with Crippen LogP contribution in [0.4, 0.5) is 22.7 Å². The standard InChI is InChI=1S/C22H22N4O6.C22H24N4O4.2ClH.Sn/c1-22(2,13-16-4-7-18(8-5-16)26(27)28)25-32-11-10-31-24-17-6-9-19(20(12-17)29-3)21-14-23-15-30-21;1-22(2,13-16-4-6-17(23)7-5-16)26-30-11-10-29-25-18-8-9-19(20(12-18)27-3)21-14-24-15-28-21;;;/h4-9,12,14-15,24-25H,13H2,1-3H3;4-9,12,14-15,25-26H,13,23H2,1-3H3;2*1H;/q;;;;+2/p-2. The van der Waals surface area contributed by atoms with Gasteiger partial charge in [0.1, 0.15) is 11.5 Å². The zero-order valence-corrected chi connectivity index (χ0v) is 40.4. The van der Waals surface area contributed by atoms with Gasteiger partial charge >= 0.3 is 36.7 Å². The molecule has 0 bridgehead atoms. The number of hydrogen-bond acceptors (Lipinski definition) is 17. The monoisotopic (exact) mass is 1040 g/mol. The van der Waals surface area contributed by atoms with E-state index in [2.05, 4.69) is 56.3 Å². The van der Waals surface area contributed by atoms with Crippen LogP contribution in [0.25, 0.3) is 22.6 Å². The Morgan fingerprint density at radius 1 is 0.677 bits per heavy atom. The number of nitro groups is 1. The predicted molar refractivity (Wildman–Crippen MR) is 247 cm³/mol. The molecule has 0 saturated heterocycles. The number of methoxy groups -OCH3 is 2. The van der Waals surface area contributed by atoms with Crippen molar-refractivity contribution in [2.75, 3.05) is 30.9 Å². The van der Waals surface area contributed by atoms with Crippen molar-refractivity contribution in [3.8, 4) is 58.6 Å².